The van der Waals surface area contributed by atoms with Gasteiger partial charge >= 0.3 is 5.97 Å². The molecule has 4 rings (SSSR count). The highest BCUT2D eigenvalue weighted by atomic mass is 35.5. The quantitative estimate of drug-likeness (QED) is 0.551. The number of benzene rings is 2. The molecule has 0 radical (unpaired) electrons. The first-order chi connectivity index (χ1) is 14.3. The summed E-state index contributed by atoms with van der Waals surface area (Å²) in [6, 6.07) is 8.65. The predicted octanol–water partition coefficient (Wildman–Crippen LogP) is 2.35. The van der Waals surface area contributed by atoms with Gasteiger partial charge in [-0.1, -0.05) is 40.5 Å². The van der Waals surface area contributed by atoms with Crippen molar-refractivity contribution in [2.45, 2.75) is 30.5 Å². The first kappa shape index (κ1) is 20.7. The van der Waals surface area contributed by atoms with Crippen LogP contribution in [0.3, 0.4) is 0 Å². The molecule has 0 amide bonds. The van der Waals surface area contributed by atoms with E-state index in [9.17, 15) is 18.0 Å². The second kappa shape index (κ2) is 7.95. The molecule has 0 spiro atoms. The molecule has 1 aliphatic rings. The van der Waals surface area contributed by atoms with Crippen molar-refractivity contribution >= 4 is 50.1 Å². The molecule has 1 aromatic heterocycles. The molecule has 3 aromatic rings. The summed E-state index contributed by atoms with van der Waals surface area (Å²) in [6.45, 7) is -0.531. The van der Waals surface area contributed by atoms with E-state index in [4.69, 9.17) is 27.9 Å². The molecule has 0 saturated heterocycles. The molecule has 30 heavy (non-hydrogen) atoms. The summed E-state index contributed by atoms with van der Waals surface area (Å²) in [6.07, 6.45) is 1.47. The number of carbonyl (C=O) groups is 1. The number of carbonyl (C=O) groups excluding carboxylic acids is 1. The standard InChI is InChI=1S/C18H14Cl2N4O5S/c19-13-8-14(20)16(30(27,28)22-10-5-6-10)7-12(13)18(26)29-9-24-17(25)11-3-1-2-4-15(11)21-23-24/h1-4,7-8,10,22H,5-6,9H2. The molecule has 1 fully saturated rings. The average Bonchev–Trinajstić information content (AvgIpc) is 3.50. The zero-order valence-electron chi connectivity index (χ0n) is 15.2. The number of nitrogens with one attached hydrogen (secondary N) is 1. The van der Waals surface area contributed by atoms with E-state index in [0.717, 1.165) is 29.7 Å². The minimum absolute atomic E-state index is 0.0904. The minimum atomic E-state index is -3.92. The number of ether oxygens (including phenoxy) is 1. The zero-order valence-corrected chi connectivity index (χ0v) is 17.5. The molecule has 1 heterocycles. The van der Waals surface area contributed by atoms with Crippen molar-refractivity contribution in [2.24, 2.45) is 0 Å². The van der Waals surface area contributed by atoms with E-state index in [1.54, 1.807) is 24.3 Å². The molecule has 0 unspecified atom stereocenters. The number of sulfonamides is 1. The highest BCUT2D eigenvalue weighted by Gasteiger charge is 2.30. The monoisotopic (exact) mass is 468 g/mol. The van der Waals surface area contributed by atoms with Crippen LogP contribution >= 0.6 is 23.2 Å². The molecular formula is C18H14Cl2N4O5S. The minimum Gasteiger partial charge on any atom is -0.438 e. The van der Waals surface area contributed by atoms with E-state index >= 15 is 0 Å². The lowest BCUT2D eigenvalue weighted by Gasteiger charge is -2.11. The normalized spacial score (nSPS) is 14.1. The fourth-order valence-electron chi connectivity index (χ4n) is 2.68. The molecule has 9 nitrogen and oxygen atoms in total. The van der Waals surface area contributed by atoms with Gasteiger partial charge in [0.05, 0.1) is 21.0 Å². The summed E-state index contributed by atoms with van der Waals surface area (Å²) in [5.74, 6) is -0.943. The topological polar surface area (TPSA) is 120 Å². The number of esters is 1. The Labute approximate surface area is 180 Å². The van der Waals surface area contributed by atoms with E-state index in [-0.39, 0.29) is 26.5 Å². The molecule has 2 aromatic carbocycles. The van der Waals surface area contributed by atoms with Gasteiger partial charge in [-0.3, -0.25) is 4.79 Å². The first-order valence-corrected chi connectivity index (χ1v) is 11.0. The van der Waals surface area contributed by atoms with E-state index in [2.05, 4.69) is 15.0 Å². The Bertz CT molecular complexity index is 1320. The third-order valence-corrected chi connectivity index (χ3v) is 6.68. The lowest BCUT2D eigenvalue weighted by molar-refractivity contribution is 0.0336. The van der Waals surface area contributed by atoms with Crippen LogP contribution in [-0.4, -0.2) is 35.4 Å². The SMILES string of the molecule is O=C(OCn1nnc2ccccc2c1=O)c1cc(S(=O)(=O)NC2CC2)c(Cl)cc1Cl. The number of hydrogen-bond acceptors (Lipinski definition) is 7. The van der Waals surface area contributed by atoms with Gasteiger partial charge in [0.25, 0.3) is 5.56 Å². The average molecular weight is 469 g/mol. The third kappa shape index (κ3) is 4.17. The number of halogens is 2. The van der Waals surface area contributed by atoms with Gasteiger partial charge in [-0.15, -0.1) is 5.10 Å². The molecular weight excluding hydrogens is 455 g/mol. The molecule has 12 heteroatoms. The van der Waals surface area contributed by atoms with Crippen LogP contribution in [0.1, 0.15) is 23.2 Å². The molecule has 156 valence electrons. The van der Waals surface area contributed by atoms with E-state index in [1.807, 2.05) is 0 Å². The Morgan fingerprint density at radius 2 is 1.93 bits per heavy atom. The number of fused-ring (bicyclic) bond motifs is 1. The van der Waals surface area contributed by atoms with E-state index in [1.165, 1.54) is 0 Å². The van der Waals surface area contributed by atoms with Crippen molar-refractivity contribution in [3.05, 3.63) is 62.4 Å². The van der Waals surface area contributed by atoms with E-state index in [0.29, 0.717) is 10.9 Å². The lowest BCUT2D eigenvalue weighted by atomic mass is 10.2. The van der Waals surface area contributed by atoms with Crippen LogP contribution < -0.4 is 10.3 Å². The van der Waals surface area contributed by atoms with Gasteiger partial charge in [0.2, 0.25) is 10.0 Å². The molecule has 1 aliphatic carbocycles. The van der Waals surface area contributed by atoms with Crippen molar-refractivity contribution < 1.29 is 17.9 Å². The Hall–Kier alpha value is -2.53. The second-order valence-electron chi connectivity index (χ2n) is 6.63. The number of nitrogens with zero attached hydrogens (tertiary/aromatic N) is 3. The second-order valence-corrected chi connectivity index (χ2v) is 9.13. The number of rotatable bonds is 6. The third-order valence-electron chi connectivity index (χ3n) is 4.38. The smallest absolute Gasteiger partial charge is 0.341 e. The number of aromatic nitrogens is 3. The summed E-state index contributed by atoms with van der Waals surface area (Å²) in [5.41, 5.74) is -0.296. The summed E-state index contributed by atoms with van der Waals surface area (Å²) < 4.78 is 33.4. The molecule has 0 bridgehead atoms. The van der Waals surface area contributed by atoms with Gasteiger partial charge in [-0.25, -0.2) is 17.9 Å². The van der Waals surface area contributed by atoms with Crippen molar-refractivity contribution in [3.63, 3.8) is 0 Å². The fourth-order valence-corrected chi connectivity index (χ4v) is 4.84. The summed E-state index contributed by atoms with van der Waals surface area (Å²) in [4.78, 5) is 24.6. The van der Waals surface area contributed by atoms with Gasteiger partial charge in [0.1, 0.15) is 10.4 Å². The first-order valence-electron chi connectivity index (χ1n) is 8.77. The molecule has 1 N–H and O–H groups in total. The van der Waals surface area contributed by atoms with Crippen LogP contribution in [0.4, 0.5) is 0 Å². The van der Waals surface area contributed by atoms with Crippen LogP contribution in [0.2, 0.25) is 10.0 Å². The Morgan fingerprint density at radius 3 is 2.67 bits per heavy atom. The van der Waals surface area contributed by atoms with Crippen molar-refractivity contribution in [3.8, 4) is 0 Å². The summed E-state index contributed by atoms with van der Waals surface area (Å²) >= 11 is 12.1. The maximum atomic E-state index is 12.5. The molecule has 0 atom stereocenters. The maximum Gasteiger partial charge on any atom is 0.341 e. The van der Waals surface area contributed by atoms with Crippen LogP contribution in [0.25, 0.3) is 10.9 Å². The van der Waals surface area contributed by atoms with Gasteiger partial charge in [-0.2, -0.15) is 4.68 Å². The van der Waals surface area contributed by atoms with Crippen LogP contribution in [0, 0.1) is 0 Å². The summed E-state index contributed by atoms with van der Waals surface area (Å²) in [7, 11) is -3.92. The van der Waals surface area contributed by atoms with Gasteiger partial charge in [0, 0.05) is 6.04 Å². The molecule has 1 saturated carbocycles. The van der Waals surface area contributed by atoms with Crippen LogP contribution in [0.5, 0.6) is 0 Å². The lowest BCUT2D eigenvalue weighted by Crippen LogP contribution is -2.27. The zero-order chi connectivity index (χ0) is 21.5. The maximum absolute atomic E-state index is 12.5. The van der Waals surface area contributed by atoms with Crippen LogP contribution in [0.15, 0.2) is 46.1 Å². The fraction of sp³-hybridized carbons (Fsp3) is 0.222. The van der Waals surface area contributed by atoms with Gasteiger partial charge < -0.3 is 4.74 Å². The van der Waals surface area contributed by atoms with Gasteiger partial charge in [-0.05, 0) is 37.1 Å². The van der Waals surface area contributed by atoms with Crippen molar-refractivity contribution in [2.75, 3.05) is 0 Å². The van der Waals surface area contributed by atoms with Crippen LogP contribution in [-0.2, 0) is 21.5 Å². The Morgan fingerprint density at radius 1 is 1.20 bits per heavy atom. The molecule has 0 aliphatic heterocycles. The van der Waals surface area contributed by atoms with Crippen molar-refractivity contribution in [1.82, 2.24) is 19.7 Å². The Balaban J connectivity index is 1.58. The highest BCUT2D eigenvalue weighted by Crippen LogP contribution is 2.31. The van der Waals surface area contributed by atoms with E-state index < -0.39 is 28.3 Å². The predicted molar refractivity (Wildman–Crippen MR) is 109 cm³/mol. The highest BCUT2D eigenvalue weighted by molar-refractivity contribution is 7.89. The largest absolute Gasteiger partial charge is 0.438 e. The number of hydrogen-bond donors (Lipinski definition) is 1. The van der Waals surface area contributed by atoms with Gasteiger partial charge in [0.15, 0.2) is 6.73 Å². The van der Waals surface area contributed by atoms with Crippen molar-refractivity contribution in [1.29, 1.82) is 0 Å². The summed E-state index contributed by atoms with van der Waals surface area (Å²) in [5, 5.41) is 7.71. The Kier molecular flexibility index (Phi) is 5.49.